The molecular formula is C15H17BrO. The van der Waals surface area contributed by atoms with Crippen LogP contribution in [0.4, 0.5) is 0 Å². The predicted molar refractivity (Wildman–Crippen MR) is 71.3 cm³/mol. The second-order valence-corrected chi connectivity index (χ2v) is 7.07. The van der Waals surface area contributed by atoms with E-state index < -0.39 is 0 Å². The zero-order chi connectivity index (χ0) is 11.6. The number of hydrogen-bond acceptors (Lipinski definition) is 1. The van der Waals surface area contributed by atoms with Gasteiger partial charge in [-0.3, -0.25) is 0 Å². The van der Waals surface area contributed by atoms with Crippen molar-refractivity contribution in [3.05, 3.63) is 28.2 Å². The topological polar surface area (TPSA) is 9.23 Å². The summed E-state index contributed by atoms with van der Waals surface area (Å²) in [6.07, 6.45) is 5.72. The Kier molecular flexibility index (Phi) is 2.01. The fourth-order valence-electron chi connectivity index (χ4n) is 4.86. The highest BCUT2D eigenvalue weighted by Crippen LogP contribution is 2.70. The summed E-state index contributed by atoms with van der Waals surface area (Å²) in [5.41, 5.74) is 1.91. The highest BCUT2D eigenvalue weighted by Gasteiger charge is 2.62. The molecule has 0 heterocycles. The van der Waals surface area contributed by atoms with Crippen molar-refractivity contribution >= 4 is 15.9 Å². The minimum Gasteiger partial charge on any atom is -0.496 e. The van der Waals surface area contributed by atoms with Crippen molar-refractivity contribution in [2.75, 3.05) is 7.11 Å². The lowest BCUT2D eigenvalue weighted by atomic mass is 9.60. The van der Waals surface area contributed by atoms with Gasteiger partial charge >= 0.3 is 0 Å². The molecule has 3 aliphatic rings. The van der Waals surface area contributed by atoms with E-state index in [1.165, 1.54) is 35.7 Å². The SMILES string of the molecule is COc1ccc(Br)cc1C12CC3CC(C1)C3C2. The van der Waals surface area contributed by atoms with Crippen LogP contribution in [0.5, 0.6) is 5.75 Å². The molecule has 1 aromatic rings. The summed E-state index contributed by atoms with van der Waals surface area (Å²) in [6, 6.07) is 6.50. The molecule has 90 valence electrons. The second-order valence-electron chi connectivity index (χ2n) is 6.16. The van der Waals surface area contributed by atoms with E-state index in [-0.39, 0.29) is 0 Å². The minimum absolute atomic E-state index is 0.452. The van der Waals surface area contributed by atoms with Crippen LogP contribution in [0.1, 0.15) is 31.2 Å². The minimum atomic E-state index is 0.452. The summed E-state index contributed by atoms with van der Waals surface area (Å²) in [7, 11) is 1.80. The largest absolute Gasteiger partial charge is 0.496 e. The van der Waals surface area contributed by atoms with Crippen LogP contribution in [-0.2, 0) is 5.41 Å². The highest BCUT2D eigenvalue weighted by molar-refractivity contribution is 9.10. The van der Waals surface area contributed by atoms with Gasteiger partial charge in [0.25, 0.3) is 0 Å². The van der Waals surface area contributed by atoms with Crippen LogP contribution >= 0.6 is 15.9 Å². The van der Waals surface area contributed by atoms with Crippen LogP contribution in [0.15, 0.2) is 22.7 Å². The van der Waals surface area contributed by atoms with E-state index in [1.54, 1.807) is 7.11 Å². The first-order chi connectivity index (χ1) is 8.22. The molecule has 0 saturated heterocycles. The van der Waals surface area contributed by atoms with Gasteiger partial charge in [0.15, 0.2) is 0 Å². The lowest BCUT2D eigenvalue weighted by Crippen LogP contribution is -2.37. The molecule has 3 aliphatic carbocycles. The Hall–Kier alpha value is -0.500. The Morgan fingerprint density at radius 3 is 2.59 bits per heavy atom. The van der Waals surface area contributed by atoms with Gasteiger partial charge in [0.1, 0.15) is 5.75 Å². The third kappa shape index (κ3) is 1.25. The summed E-state index contributed by atoms with van der Waals surface area (Å²) in [5.74, 6) is 4.18. The van der Waals surface area contributed by atoms with E-state index >= 15 is 0 Å². The maximum atomic E-state index is 5.59. The number of fused-ring (bicyclic) bond motifs is 1. The average molecular weight is 293 g/mol. The Morgan fingerprint density at radius 2 is 2.00 bits per heavy atom. The van der Waals surface area contributed by atoms with Crippen molar-refractivity contribution in [1.82, 2.24) is 0 Å². The van der Waals surface area contributed by atoms with Crippen molar-refractivity contribution in [3.63, 3.8) is 0 Å². The molecule has 0 amide bonds. The van der Waals surface area contributed by atoms with E-state index in [0.717, 1.165) is 23.5 Å². The second kappa shape index (κ2) is 3.28. The normalized spacial score (nSPS) is 41.4. The van der Waals surface area contributed by atoms with E-state index in [0.29, 0.717) is 5.41 Å². The zero-order valence-corrected chi connectivity index (χ0v) is 11.7. The predicted octanol–water partition coefficient (Wildman–Crippen LogP) is 4.15. The molecule has 3 fully saturated rings. The van der Waals surface area contributed by atoms with E-state index in [4.69, 9.17) is 4.74 Å². The number of halogens is 1. The van der Waals surface area contributed by atoms with Gasteiger partial charge in [0, 0.05) is 10.0 Å². The van der Waals surface area contributed by atoms with Gasteiger partial charge in [-0.2, -0.15) is 0 Å². The van der Waals surface area contributed by atoms with Gasteiger partial charge in [-0.05, 0) is 67.1 Å². The summed E-state index contributed by atoms with van der Waals surface area (Å²) in [4.78, 5) is 0. The van der Waals surface area contributed by atoms with Crippen molar-refractivity contribution in [3.8, 4) is 5.75 Å². The fraction of sp³-hybridized carbons (Fsp3) is 0.600. The molecule has 0 radical (unpaired) electrons. The molecule has 0 N–H and O–H groups in total. The maximum absolute atomic E-state index is 5.59. The molecule has 1 aromatic carbocycles. The van der Waals surface area contributed by atoms with Gasteiger partial charge in [-0.15, -0.1) is 0 Å². The van der Waals surface area contributed by atoms with Crippen LogP contribution in [0.25, 0.3) is 0 Å². The van der Waals surface area contributed by atoms with Crippen molar-refractivity contribution < 1.29 is 4.74 Å². The quantitative estimate of drug-likeness (QED) is 0.796. The molecule has 0 aliphatic heterocycles. The molecule has 4 rings (SSSR count). The van der Waals surface area contributed by atoms with Gasteiger partial charge in [0.05, 0.1) is 7.11 Å². The number of hydrogen-bond donors (Lipinski definition) is 0. The smallest absolute Gasteiger partial charge is 0.122 e. The highest BCUT2D eigenvalue weighted by atomic mass is 79.9. The van der Waals surface area contributed by atoms with E-state index in [9.17, 15) is 0 Å². The number of benzene rings is 1. The van der Waals surface area contributed by atoms with Crippen LogP contribution in [0, 0.1) is 17.8 Å². The lowest BCUT2D eigenvalue weighted by Gasteiger charge is -2.45. The molecule has 0 aromatic heterocycles. The van der Waals surface area contributed by atoms with Crippen molar-refractivity contribution in [2.45, 2.75) is 31.1 Å². The van der Waals surface area contributed by atoms with Gasteiger partial charge < -0.3 is 4.74 Å². The third-order valence-corrected chi connectivity index (χ3v) is 5.97. The average Bonchev–Trinajstić information content (AvgIpc) is 2.79. The van der Waals surface area contributed by atoms with Crippen molar-refractivity contribution in [1.29, 1.82) is 0 Å². The molecule has 1 nitrogen and oxygen atoms in total. The fourth-order valence-corrected chi connectivity index (χ4v) is 5.22. The summed E-state index contributed by atoms with van der Waals surface area (Å²) >= 11 is 3.61. The van der Waals surface area contributed by atoms with E-state index in [1.807, 2.05) is 0 Å². The zero-order valence-electron chi connectivity index (χ0n) is 10.1. The molecule has 17 heavy (non-hydrogen) atoms. The Labute approximate surface area is 111 Å². The van der Waals surface area contributed by atoms with Crippen molar-refractivity contribution in [2.24, 2.45) is 17.8 Å². The van der Waals surface area contributed by atoms with Crippen LogP contribution in [0.2, 0.25) is 0 Å². The monoisotopic (exact) mass is 292 g/mol. The Bertz CT molecular complexity index is 464. The molecule has 2 bridgehead atoms. The van der Waals surface area contributed by atoms with Gasteiger partial charge in [0.2, 0.25) is 0 Å². The standard InChI is InChI=1S/C15H17BrO/c1-17-14-3-2-11(16)5-13(14)15-6-9-4-10(7-15)12(9)8-15/h2-3,5,9-10,12H,4,6-8H2,1H3. The third-order valence-electron chi connectivity index (χ3n) is 5.48. The first kappa shape index (κ1) is 10.4. The molecule has 2 unspecified atom stereocenters. The molecule has 2 heteroatoms. The summed E-state index contributed by atoms with van der Waals surface area (Å²) < 4.78 is 6.77. The molecule has 2 atom stereocenters. The van der Waals surface area contributed by atoms with Crippen LogP contribution in [-0.4, -0.2) is 7.11 Å². The van der Waals surface area contributed by atoms with Gasteiger partial charge in [-0.1, -0.05) is 15.9 Å². The number of rotatable bonds is 2. The molecule has 0 spiro atoms. The Morgan fingerprint density at radius 1 is 1.24 bits per heavy atom. The van der Waals surface area contributed by atoms with Gasteiger partial charge in [-0.25, -0.2) is 0 Å². The van der Waals surface area contributed by atoms with Crippen LogP contribution in [0.3, 0.4) is 0 Å². The summed E-state index contributed by atoms with van der Waals surface area (Å²) in [6.45, 7) is 0. The Balaban J connectivity index is 1.82. The number of methoxy groups -OCH3 is 1. The maximum Gasteiger partial charge on any atom is 0.122 e. The molecular weight excluding hydrogens is 276 g/mol. The van der Waals surface area contributed by atoms with Crippen LogP contribution < -0.4 is 4.74 Å². The lowest BCUT2D eigenvalue weighted by molar-refractivity contribution is 0.0758. The number of ether oxygens (including phenoxy) is 1. The molecule has 3 saturated carbocycles. The first-order valence-electron chi connectivity index (χ1n) is 6.56. The first-order valence-corrected chi connectivity index (χ1v) is 7.35. The van der Waals surface area contributed by atoms with E-state index in [2.05, 4.69) is 34.1 Å². The summed E-state index contributed by atoms with van der Waals surface area (Å²) in [5, 5.41) is 0.